The van der Waals surface area contributed by atoms with Gasteiger partial charge in [-0.1, -0.05) is 12.1 Å². The fourth-order valence-corrected chi connectivity index (χ4v) is 6.35. The number of Topliss-reactive ketones (excluding diaryl/α,β-unsaturated/α-hetero) is 1. The first-order valence-corrected chi connectivity index (χ1v) is 13.0. The molecule has 2 aromatic rings. The number of likely N-dealkylation sites (tertiary alicyclic amines) is 2. The van der Waals surface area contributed by atoms with E-state index in [0.717, 1.165) is 6.42 Å². The molecule has 0 saturated carbocycles. The second-order valence-corrected chi connectivity index (χ2v) is 10.5. The largest absolute Gasteiger partial charge is 0.497 e. The van der Waals surface area contributed by atoms with E-state index in [2.05, 4.69) is 4.40 Å². The van der Waals surface area contributed by atoms with Gasteiger partial charge in [0, 0.05) is 36.7 Å². The lowest BCUT2D eigenvalue weighted by molar-refractivity contribution is -0.136. The Balaban J connectivity index is 1.26. The van der Waals surface area contributed by atoms with Crippen LogP contribution in [0.4, 0.5) is 0 Å². The molecule has 2 saturated heterocycles. The molecule has 0 bridgehead atoms. The molecule has 0 N–H and O–H groups in total. The molecular weight excluding hydrogens is 454 g/mol. The van der Waals surface area contributed by atoms with Crippen LogP contribution in [-0.2, 0) is 14.8 Å². The van der Waals surface area contributed by atoms with Gasteiger partial charge in [0.1, 0.15) is 16.7 Å². The van der Waals surface area contributed by atoms with Crippen molar-refractivity contribution < 1.29 is 22.7 Å². The Morgan fingerprint density at radius 2 is 1.68 bits per heavy atom. The quantitative estimate of drug-likeness (QED) is 0.623. The summed E-state index contributed by atoms with van der Waals surface area (Å²) in [6, 6.07) is 13.5. The smallest absolute Gasteiger partial charge is 0.285 e. The molecule has 1 amide bonds. The Kier molecular flexibility index (Phi) is 5.89. The number of rotatable bonds is 4. The van der Waals surface area contributed by atoms with Gasteiger partial charge in [-0.25, -0.2) is 0 Å². The van der Waals surface area contributed by atoms with E-state index in [0.29, 0.717) is 61.6 Å². The number of fused-ring (bicyclic) bond motifs is 1. The van der Waals surface area contributed by atoms with Gasteiger partial charge in [0.05, 0.1) is 7.11 Å². The zero-order valence-corrected chi connectivity index (χ0v) is 19.8. The van der Waals surface area contributed by atoms with E-state index < -0.39 is 16.1 Å². The van der Waals surface area contributed by atoms with Crippen LogP contribution < -0.4 is 4.74 Å². The monoisotopic (exact) mass is 481 g/mol. The maximum absolute atomic E-state index is 13.4. The molecule has 8 nitrogen and oxygen atoms in total. The van der Waals surface area contributed by atoms with Crippen molar-refractivity contribution in [2.24, 2.45) is 10.3 Å². The summed E-state index contributed by atoms with van der Waals surface area (Å²) < 4.78 is 34.2. The van der Waals surface area contributed by atoms with Crippen molar-refractivity contribution >= 4 is 27.5 Å². The molecule has 0 aromatic heterocycles. The number of amides is 1. The summed E-state index contributed by atoms with van der Waals surface area (Å²) in [7, 11) is -2.15. The number of methoxy groups -OCH3 is 1. The lowest BCUT2D eigenvalue weighted by Crippen LogP contribution is -2.50. The summed E-state index contributed by atoms with van der Waals surface area (Å²) in [6.45, 7) is 1.61. The fraction of sp³-hybridized carbons (Fsp3) is 0.400. The van der Waals surface area contributed by atoms with Gasteiger partial charge in [-0.2, -0.15) is 8.42 Å². The lowest BCUT2D eigenvalue weighted by atomic mass is 9.88. The maximum atomic E-state index is 13.4. The highest BCUT2D eigenvalue weighted by molar-refractivity contribution is 7.90. The van der Waals surface area contributed by atoms with Crippen LogP contribution >= 0.6 is 0 Å². The number of piperidine rings is 1. The van der Waals surface area contributed by atoms with Gasteiger partial charge in [0.25, 0.3) is 10.0 Å². The molecular formula is C25H27N3O5S. The number of hydrogen-bond acceptors (Lipinski definition) is 6. The molecule has 2 aromatic carbocycles. The van der Waals surface area contributed by atoms with Gasteiger partial charge in [-0.15, -0.1) is 4.40 Å². The first-order chi connectivity index (χ1) is 16.4. The van der Waals surface area contributed by atoms with E-state index in [1.165, 1.54) is 0 Å². The van der Waals surface area contributed by atoms with Crippen molar-refractivity contribution in [1.82, 2.24) is 9.80 Å². The number of nitrogens with zero attached hydrogens (tertiary/aromatic N) is 3. The Bertz CT molecular complexity index is 1250. The van der Waals surface area contributed by atoms with E-state index in [4.69, 9.17) is 4.74 Å². The van der Waals surface area contributed by atoms with Crippen molar-refractivity contribution in [2.45, 2.75) is 36.6 Å². The molecule has 9 heteroatoms. The van der Waals surface area contributed by atoms with Gasteiger partial charge in [0.2, 0.25) is 5.91 Å². The third kappa shape index (κ3) is 3.98. The number of hydrogen-bond donors (Lipinski definition) is 0. The molecule has 1 atom stereocenters. The highest BCUT2D eigenvalue weighted by Gasteiger charge is 2.41. The maximum Gasteiger partial charge on any atom is 0.285 e. The predicted octanol–water partition coefficient (Wildman–Crippen LogP) is 2.73. The fourth-order valence-electron chi connectivity index (χ4n) is 5.14. The van der Waals surface area contributed by atoms with Gasteiger partial charge in [-0.05, 0) is 62.1 Å². The highest BCUT2D eigenvalue weighted by atomic mass is 32.2. The van der Waals surface area contributed by atoms with E-state index in [-0.39, 0.29) is 22.5 Å². The molecule has 0 spiro atoms. The molecule has 2 fully saturated rings. The first kappa shape index (κ1) is 22.6. The number of ketones is 1. The van der Waals surface area contributed by atoms with Crippen LogP contribution in [0.5, 0.6) is 5.75 Å². The van der Waals surface area contributed by atoms with Crippen LogP contribution in [0, 0.1) is 5.92 Å². The van der Waals surface area contributed by atoms with E-state index >= 15 is 0 Å². The summed E-state index contributed by atoms with van der Waals surface area (Å²) in [5.74, 6) is 1.04. The highest BCUT2D eigenvalue weighted by Crippen LogP contribution is 2.32. The molecule has 0 aliphatic carbocycles. The molecule has 0 radical (unpaired) electrons. The summed E-state index contributed by atoms with van der Waals surface area (Å²) in [6.07, 6.45) is 2.68. The van der Waals surface area contributed by atoms with Crippen molar-refractivity contribution in [3.63, 3.8) is 0 Å². The zero-order chi connectivity index (χ0) is 23.9. The van der Waals surface area contributed by atoms with Crippen molar-refractivity contribution in [1.29, 1.82) is 0 Å². The molecule has 178 valence electrons. The number of benzene rings is 2. The average molecular weight is 482 g/mol. The number of carbonyl (C=O) groups excluding carboxylic acids is 2. The summed E-state index contributed by atoms with van der Waals surface area (Å²) >= 11 is 0. The molecule has 5 rings (SSSR count). The second kappa shape index (κ2) is 8.87. The van der Waals surface area contributed by atoms with Crippen LogP contribution in [0.25, 0.3) is 0 Å². The SMILES string of the molecule is COc1ccc(C(=O)C2CCN(C(=O)[C@@H]3CCCN3C3=NS(=O)(=O)c4ccccc43)CC2)cc1. The minimum absolute atomic E-state index is 0.0164. The van der Waals surface area contributed by atoms with Crippen molar-refractivity contribution in [3.05, 3.63) is 59.7 Å². The molecule has 0 unspecified atom stereocenters. The number of ether oxygens (including phenoxy) is 1. The Morgan fingerprint density at radius 1 is 0.971 bits per heavy atom. The van der Waals surface area contributed by atoms with Crippen LogP contribution in [-0.4, -0.2) is 68.5 Å². The zero-order valence-electron chi connectivity index (χ0n) is 19.0. The molecule has 34 heavy (non-hydrogen) atoms. The molecule has 3 aliphatic heterocycles. The minimum Gasteiger partial charge on any atom is -0.497 e. The van der Waals surface area contributed by atoms with E-state index in [9.17, 15) is 18.0 Å². The average Bonchev–Trinajstić information content (AvgIpc) is 3.46. The van der Waals surface area contributed by atoms with Gasteiger partial charge >= 0.3 is 0 Å². The van der Waals surface area contributed by atoms with Crippen LogP contribution in [0.1, 0.15) is 41.6 Å². The number of amidine groups is 1. The van der Waals surface area contributed by atoms with Gasteiger partial charge < -0.3 is 14.5 Å². The number of carbonyl (C=O) groups is 2. The Labute approximate surface area is 199 Å². The van der Waals surface area contributed by atoms with Gasteiger partial charge in [-0.3, -0.25) is 9.59 Å². The lowest BCUT2D eigenvalue weighted by Gasteiger charge is -2.35. The molecule has 3 heterocycles. The topological polar surface area (TPSA) is 96.3 Å². The van der Waals surface area contributed by atoms with Gasteiger partial charge in [0.15, 0.2) is 11.6 Å². The minimum atomic E-state index is -3.74. The van der Waals surface area contributed by atoms with Crippen molar-refractivity contribution in [3.8, 4) is 5.75 Å². The predicted molar refractivity (Wildman–Crippen MR) is 127 cm³/mol. The molecule has 3 aliphatic rings. The normalized spacial score (nSPS) is 21.8. The van der Waals surface area contributed by atoms with E-state index in [1.807, 2.05) is 9.80 Å². The van der Waals surface area contributed by atoms with Crippen LogP contribution in [0.2, 0.25) is 0 Å². The van der Waals surface area contributed by atoms with Crippen LogP contribution in [0.15, 0.2) is 57.8 Å². The third-order valence-corrected chi connectivity index (χ3v) is 8.30. The first-order valence-electron chi connectivity index (χ1n) is 11.6. The van der Waals surface area contributed by atoms with E-state index in [1.54, 1.807) is 55.6 Å². The standard InChI is InChI=1S/C25H27N3O5S/c1-33-19-10-8-17(9-11-19)23(29)18-12-15-27(16-13-18)25(30)21-6-4-14-28(21)24-20-5-2-3-7-22(20)34(31,32)26-24/h2-3,5,7-11,18,21H,4,6,12-16H2,1H3/t21-/m0/s1. The Morgan fingerprint density at radius 3 is 2.38 bits per heavy atom. The van der Waals surface area contributed by atoms with Crippen molar-refractivity contribution in [2.75, 3.05) is 26.7 Å². The summed E-state index contributed by atoms with van der Waals surface area (Å²) in [4.78, 5) is 30.2. The second-order valence-electron chi connectivity index (χ2n) is 8.93. The van der Waals surface area contributed by atoms with Crippen LogP contribution in [0.3, 0.4) is 0 Å². The summed E-state index contributed by atoms with van der Waals surface area (Å²) in [5.41, 5.74) is 1.22. The third-order valence-electron chi connectivity index (χ3n) is 6.97. The summed E-state index contributed by atoms with van der Waals surface area (Å²) in [5, 5.41) is 0. The number of sulfonamides is 1. The Hall–Kier alpha value is -3.20.